The lowest BCUT2D eigenvalue weighted by Gasteiger charge is -2.17. The maximum atomic E-state index is 13.4. The maximum absolute atomic E-state index is 13.4. The number of hydrogen-bond acceptors (Lipinski definition) is 2. The maximum Gasteiger partial charge on any atom is 0.303 e. The Morgan fingerprint density at radius 2 is 2.24 bits per heavy atom. The van der Waals surface area contributed by atoms with E-state index in [4.69, 9.17) is 16.7 Å². The quantitative estimate of drug-likeness (QED) is 0.798. The highest BCUT2D eigenvalue weighted by atomic mass is 35.5. The fourth-order valence-electron chi connectivity index (χ4n) is 1.34. The molecule has 0 saturated carbocycles. The average molecular weight is 260 g/mol. The van der Waals surface area contributed by atoms with Crippen molar-refractivity contribution in [3.63, 3.8) is 0 Å². The highest BCUT2D eigenvalue weighted by molar-refractivity contribution is 6.30. The van der Waals surface area contributed by atoms with Crippen LogP contribution in [-0.4, -0.2) is 24.0 Å². The molecular weight excluding hydrogens is 249 g/mol. The smallest absolute Gasteiger partial charge is 0.303 e. The fourth-order valence-corrected chi connectivity index (χ4v) is 1.50. The molecule has 1 aromatic rings. The number of halogens is 2. The van der Waals surface area contributed by atoms with Gasteiger partial charge in [0.25, 0.3) is 0 Å². The number of carboxylic acid groups (broad SMARTS) is 1. The molecule has 0 aromatic heterocycles. The fraction of sp³-hybridized carbons (Fsp3) is 0.273. The Hall–Kier alpha value is -1.62. The van der Waals surface area contributed by atoms with Gasteiger partial charge in [-0.05, 0) is 24.6 Å². The van der Waals surface area contributed by atoms with Crippen LogP contribution in [0.2, 0.25) is 5.02 Å². The first-order valence-electron chi connectivity index (χ1n) is 4.93. The molecule has 0 aliphatic heterocycles. The molecule has 0 atom stereocenters. The van der Waals surface area contributed by atoms with Crippen LogP contribution >= 0.6 is 11.6 Å². The molecule has 92 valence electrons. The van der Waals surface area contributed by atoms with Gasteiger partial charge in [0.05, 0.1) is 5.69 Å². The molecule has 1 aromatic carbocycles. The van der Waals surface area contributed by atoms with Crippen LogP contribution in [0.4, 0.5) is 10.1 Å². The van der Waals surface area contributed by atoms with Gasteiger partial charge in [0.15, 0.2) is 0 Å². The van der Waals surface area contributed by atoms with Crippen LogP contribution in [0.1, 0.15) is 12.8 Å². The van der Waals surface area contributed by atoms with E-state index in [0.717, 1.165) is 11.0 Å². The van der Waals surface area contributed by atoms with E-state index in [1.54, 1.807) is 0 Å². The van der Waals surface area contributed by atoms with Gasteiger partial charge in [-0.15, -0.1) is 0 Å². The van der Waals surface area contributed by atoms with Gasteiger partial charge < -0.3 is 10.0 Å². The molecule has 0 bridgehead atoms. The summed E-state index contributed by atoms with van der Waals surface area (Å²) in [5.41, 5.74) is 0.0536. The Balaban J connectivity index is 2.75. The van der Waals surface area contributed by atoms with Crippen molar-refractivity contribution >= 4 is 29.7 Å². The highest BCUT2D eigenvalue weighted by Crippen LogP contribution is 2.23. The standard InChI is InChI=1S/C11H11ClFNO3/c12-8-3-4-9(13)10(6-8)14(7-15)5-1-2-11(16)17/h3-4,6-7H,1-2,5H2,(H,16,17). The molecule has 0 fully saturated rings. The van der Waals surface area contributed by atoms with Crippen molar-refractivity contribution in [1.29, 1.82) is 0 Å². The molecule has 4 nitrogen and oxygen atoms in total. The molecule has 1 N–H and O–H groups in total. The number of benzene rings is 1. The number of carboxylic acids is 1. The Kier molecular flexibility index (Phi) is 4.90. The average Bonchev–Trinajstić information content (AvgIpc) is 2.28. The minimum atomic E-state index is -0.956. The Morgan fingerprint density at radius 1 is 1.53 bits per heavy atom. The second-order valence-electron chi connectivity index (χ2n) is 3.39. The molecule has 0 heterocycles. The van der Waals surface area contributed by atoms with E-state index in [0.29, 0.717) is 11.4 Å². The van der Waals surface area contributed by atoms with Gasteiger partial charge in [-0.2, -0.15) is 0 Å². The molecule has 0 saturated heterocycles. The number of aliphatic carboxylic acids is 1. The summed E-state index contributed by atoms with van der Waals surface area (Å²) in [4.78, 5) is 22.2. The summed E-state index contributed by atoms with van der Waals surface area (Å²) in [6.07, 6.45) is 0.628. The van der Waals surface area contributed by atoms with Crippen molar-refractivity contribution < 1.29 is 19.1 Å². The summed E-state index contributed by atoms with van der Waals surface area (Å²) in [6.45, 7) is 0.132. The second kappa shape index (κ2) is 6.20. The molecule has 6 heteroatoms. The topological polar surface area (TPSA) is 57.6 Å². The first kappa shape index (κ1) is 13.4. The highest BCUT2D eigenvalue weighted by Gasteiger charge is 2.11. The van der Waals surface area contributed by atoms with Gasteiger partial charge >= 0.3 is 5.97 Å². The summed E-state index contributed by atoms with van der Waals surface area (Å²) in [5, 5.41) is 8.78. The predicted molar refractivity (Wildman–Crippen MR) is 61.7 cm³/mol. The van der Waals surface area contributed by atoms with Crippen molar-refractivity contribution in [3.8, 4) is 0 Å². The van der Waals surface area contributed by atoms with E-state index in [2.05, 4.69) is 0 Å². The Morgan fingerprint density at radius 3 is 2.82 bits per heavy atom. The lowest BCUT2D eigenvalue weighted by atomic mass is 10.2. The van der Waals surface area contributed by atoms with Crippen LogP contribution in [0.15, 0.2) is 18.2 Å². The van der Waals surface area contributed by atoms with Crippen molar-refractivity contribution in [2.75, 3.05) is 11.4 Å². The van der Waals surface area contributed by atoms with Crippen molar-refractivity contribution in [2.24, 2.45) is 0 Å². The third kappa shape index (κ3) is 4.03. The summed E-state index contributed by atoms with van der Waals surface area (Å²) in [7, 11) is 0. The summed E-state index contributed by atoms with van der Waals surface area (Å²) in [5.74, 6) is -1.53. The van der Waals surface area contributed by atoms with Crippen molar-refractivity contribution in [3.05, 3.63) is 29.0 Å². The van der Waals surface area contributed by atoms with Gasteiger partial charge in [0.1, 0.15) is 5.82 Å². The van der Waals surface area contributed by atoms with Gasteiger partial charge in [-0.1, -0.05) is 11.6 Å². The zero-order valence-corrected chi connectivity index (χ0v) is 9.65. The van der Waals surface area contributed by atoms with Crippen LogP contribution in [-0.2, 0) is 9.59 Å². The normalized spacial score (nSPS) is 10.0. The zero-order valence-electron chi connectivity index (χ0n) is 8.90. The van der Waals surface area contributed by atoms with Crippen LogP contribution in [0.25, 0.3) is 0 Å². The minimum Gasteiger partial charge on any atom is -0.481 e. The number of nitrogens with zero attached hydrogens (tertiary/aromatic N) is 1. The van der Waals surface area contributed by atoms with E-state index in [1.807, 2.05) is 0 Å². The largest absolute Gasteiger partial charge is 0.481 e. The lowest BCUT2D eigenvalue weighted by molar-refractivity contribution is -0.137. The lowest BCUT2D eigenvalue weighted by Crippen LogP contribution is -2.24. The van der Waals surface area contributed by atoms with Gasteiger partial charge in [0, 0.05) is 18.0 Å². The van der Waals surface area contributed by atoms with E-state index >= 15 is 0 Å². The molecule has 0 aliphatic carbocycles. The van der Waals surface area contributed by atoms with Gasteiger partial charge in [-0.3, -0.25) is 9.59 Å². The van der Waals surface area contributed by atoms with Gasteiger partial charge in [-0.25, -0.2) is 4.39 Å². The number of anilines is 1. The van der Waals surface area contributed by atoms with E-state index in [1.165, 1.54) is 12.1 Å². The molecular formula is C11H11ClFNO3. The van der Waals surface area contributed by atoms with Crippen LogP contribution in [0.5, 0.6) is 0 Å². The molecule has 0 unspecified atom stereocenters. The van der Waals surface area contributed by atoms with Crippen molar-refractivity contribution in [1.82, 2.24) is 0 Å². The molecule has 0 radical (unpaired) electrons. The summed E-state index contributed by atoms with van der Waals surface area (Å²) >= 11 is 5.70. The number of rotatable bonds is 6. The number of carbonyl (C=O) groups is 2. The molecule has 17 heavy (non-hydrogen) atoms. The summed E-state index contributed by atoms with van der Waals surface area (Å²) < 4.78 is 13.4. The molecule has 1 rings (SSSR count). The first-order chi connectivity index (χ1) is 8.04. The number of carbonyl (C=O) groups excluding carboxylic acids is 1. The van der Waals surface area contributed by atoms with E-state index in [-0.39, 0.29) is 25.1 Å². The third-order valence-corrected chi connectivity index (χ3v) is 2.37. The monoisotopic (exact) mass is 259 g/mol. The molecule has 0 spiro atoms. The Bertz CT molecular complexity index is 425. The molecule has 0 aliphatic rings. The summed E-state index contributed by atoms with van der Waals surface area (Å²) in [6, 6.07) is 3.86. The minimum absolute atomic E-state index is 0.0536. The van der Waals surface area contributed by atoms with Crippen molar-refractivity contribution in [2.45, 2.75) is 12.8 Å². The van der Waals surface area contributed by atoms with Crippen LogP contribution in [0, 0.1) is 5.82 Å². The zero-order chi connectivity index (χ0) is 12.8. The molecule has 1 amide bonds. The van der Waals surface area contributed by atoms with Gasteiger partial charge in [0.2, 0.25) is 6.41 Å². The SMILES string of the molecule is O=CN(CCCC(=O)O)c1cc(Cl)ccc1F. The number of amides is 1. The number of hydrogen-bond donors (Lipinski definition) is 1. The van der Waals surface area contributed by atoms with Crippen LogP contribution < -0.4 is 4.90 Å². The van der Waals surface area contributed by atoms with E-state index in [9.17, 15) is 14.0 Å². The van der Waals surface area contributed by atoms with Crippen LogP contribution in [0.3, 0.4) is 0 Å². The second-order valence-corrected chi connectivity index (χ2v) is 3.83. The first-order valence-corrected chi connectivity index (χ1v) is 5.31. The Labute approximate surface area is 103 Å². The van der Waals surface area contributed by atoms with E-state index < -0.39 is 11.8 Å². The predicted octanol–water partition coefficient (Wildman–Crippen LogP) is 2.31. The third-order valence-electron chi connectivity index (χ3n) is 2.13.